The maximum Gasteiger partial charge on any atom is 0.243 e. The van der Waals surface area contributed by atoms with Gasteiger partial charge in [0, 0.05) is 39.8 Å². The third-order valence-electron chi connectivity index (χ3n) is 4.38. The number of halogens is 3. The Morgan fingerprint density at radius 2 is 1.67 bits per heavy atom. The highest BCUT2D eigenvalue weighted by Crippen LogP contribution is 2.30. The highest BCUT2D eigenvalue weighted by atomic mass is 79.9. The third kappa shape index (κ3) is 5.34. The first-order valence-corrected chi connectivity index (χ1v) is 11.9. The Bertz CT molecular complexity index is 1100. The summed E-state index contributed by atoms with van der Waals surface area (Å²) in [6.45, 7) is 1.59. The molecule has 11 heteroatoms. The number of nitrogens with zero attached hydrogens (tertiary/aromatic N) is 2. The molecule has 0 aliphatic carbocycles. The Kier molecular flexibility index (Phi) is 7.78. The summed E-state index contributed by atoms with van der Waals surface area (Å²) in [6.07, 6.45) is 0. The van der Waals surface area contributed by atoms with Gasteiger partial charge in [0.25, 0.3) is 0 Å². The Balaban J connectivity index is 0.00000256. The van der Waals surface area contributed by atoms with Crippen molar-refractivity contribution >= 4 is 72.4 Å². The van der Waals surface area contributed by atoms with E-state index in [0.717, 1.165) is 16.9 Å². The molecule has 4 rings (SSSR count). The van der Waals surface area contributed by atoms with Crippen molar-refractivity contribution in [3.63, 3.8) is 0 Å². The van der Waals surface area contributed by atoms with Crippen molar-refractivity contribution in [1.29, 1.82) is 0 Å². The van der Waals surface area contributed by atoms with Crippen molar-refractivity contribution in [3.8, 4) is 11.3 Å². The fourth-order valence-electron chi connectivity index (χ4n) is 2.95. The highest BCUT2D eigenvalue weighted by Gasteiger charge is 2.26. The molecule has 3 aromatic rings. The second-order valence-corrected chi connectivity index (χ2v) is 10.0. The number of anilines is 2. The molecule has 0 amide bonds. The summed E-state index contributed by atoms with van der Waals surface area (Å²) < 4.78 is 32.1. The fraction of sp³-hybridized carbons (Fsp3) is 0.211. The zero-order valence-electron chi connectivity index (χ0n) is 15.5. The van der Waals surface area contributed by atoms with Crippen molar-refractivity contribution in [3.05, 3.63) is 57.9 Å². The summed E-state index contributed by atoms with van der Waals surface area (Å²) in [6, 6.07) is 11.9. The molecule has 2 aromatic carbocycles. The molecule has 160 valence electrons. The first-order chi connectivity index (χ1) is 13.9. The van der Waals surface area contributed by atoms with Crippen LogP contribution in [0.1, 0.15) is 0 Å². The number of thiazole rings is 1. The van der Waals surface area contributed by atoms with E-state index in [9.17, 15) is 8.42 Å². The predicted octanol–water partition coefficient (Wildman–Crippen LogP) is 5.46. The molecule has 1 aliphatic rings. The molecule has 0 atom stereocenters. The smallest absolute Gasteiger partial charge is 0.243 e. The van der Waals surface area contributed by atoms with Gasteiger partial charge < -0.3 is 10.1 Å². The molecule has 6 nitrogen and oxygen atoms in total. The molecule has 1 fully saturated rings. The molecule has 0 spiro atoms. The van der Waals surface area contributed by atoms with E-state index in [-0.39, 0.29) is 21.9 Å². The van der Waals surface area contributed by atoms with E-state index in [4.69, 9.17) is 27.9 Å². The minimum Gasteiger partial charge on any atom is -0.379 e. The fourth-order valence-corrected chi connectivity index (χ4v) is 5.62. The molecular formula is C19H18BrCl2N3O3S2. The summed E-state index contributed by atoms with van der Waals surface area (Å²) in [5, 5.41) is 6.84. The largest absolute Gasteiger partial charge is 0.379 e. The van der Waals surface area contributed by atoms with Crippen molar-refractivity contribution in [2.45, 2.75) is 4.90 Å². The number of ether oxygens (including phenoxy) is 1. The second-order valence-electron chi connectivity index (χ2n) is 6.36. The van der Waals surface area contributed by atoms with Gasteiger partial charge >= 0.3 is 0 Å². The van der Waals surface area contributed by atoms with Gasteiger partial charge in [-0.05, 0) is 30.3 Å². The van der Waals surface area contributed by atoms with Crippen molar-refractivity contribution in [2.24, 2.45) is 0 Å². The number of hydrogen-bond acceptors (Lipinski definition) is 6. The minimum absolute atomic E-state index is 0. The summed E-state index contributed by atoms with van der Waals surface area (Å²) in [5.74, 6) is 0. The zero-order valence-corrected chi connectivity index (χ0v) is 20.4. The van der Waals surface area contributed by atoms with Crippen LogP contribution in [-0.2, 0) is 14.8 Å². The normalized spacial score (nSPS) is 14.9. The number of nitrogens with one attached hydrogen (secondary N) is 1. The van der Waals surface area contributed by atoms with E-state index in [0.29, 0.717) is 41.5 Å². The van der Waals surface area contributed by atoms with Crippen LogP contribution in [0.5, 0.6) is 0 Å². The standard InChI is InChI=1S/C19H17Cl2N3O3S2.BrH/c20-14-9-15(21)11-16(10-14)22-19-23-18(12-28-19)13-1-3-17(4-2-13)29(25,26)24-5-7-27-8-6-24;/h1-4,9-12H,5-8H2,(H,22,23);1H. The molecule has 0 saturated carbocycles. The van der Waals surface area contributed by atoms with Crippen LogP contribution >= 0.6 is 51.5 Å². The lowest BCUT2D eigenvalue weighted by Gasteiger charge is -2.26. The molecule has 0 radical (unpaired) electrons. The average Bonchev–Trinajstić information content (AvgIpc) is 3.16. The highest BCUT2D eigenvalue weighted by molar-refractivity contribution is 8.93. The van der Waals surface area contributed by atoms with Gasteiger partial charge in [0.05, 0.1) is 23.8 Å². The van der Waals surface area contributed by atoms with E-state index >= 15 is 0 Å². The molecule has 1 N–H and O–H groups in total. The number of morpholine rings is 1. The molecule has 2 heterocycles. The summed E-state index contributed by atoms with van der Waals surface area (Å²) in [5.41, 5.74) is 2.33. The molecule has 1 saturated heterocycles. The summed E-state index contributed by atoms with van der Waals surface area (Å²) in [4.78, 5) is 4.83. The van der Waals surface area contributed by atoms with Crippen molar-refractivity contribution in [1.82, 2.24) is 9.29 Å². The van der Waals surface area contributed by atoms with E-state index in [1.807, 2.05) is 5.38 Å². The molecule has 1 aliphatic heterocycles. The molecular weight excluding hydrogens is 533 g/mol. The van der Waals surface area contributed by atoms with Crippen LogP contribution < -0.4 is 5.32 Å². The van der Waals surface area contributed by atoms with E-state index in [1.54, 1.807) is 42.5 Å². The van der Waals surface area contributed by atoms with Crippen molar-refractivity contribution in [2.75, 3.05) is 31.6 Å². The van der Waals surface area contributed by atoms with Crippen LogP contribution in [0.4, 0.5) is 10.8 Å². The number of hydrogen-bond donors (Lipinski definition) is 1. The first kappa shape index (κ1) is 23.5. The predicted molar refractivity (Wildman–Crippen MR) is 127 cm³/mol. The number of benzene rings is 2. The van der Waals surface area contributed by atoms with E-state index in [2.05, 4.69) is 10.3 Å². The summed E-state index contributed by atoms with van der Waals surface area (Å²) >= 11 is 13.5. The molecule has 30 heavy (non-hydrogen) atoms. The van der Waals surface area contributed by atoms with Gasteiger partial charge in [-0.3, -0.25) is 0 Å². The second kappa shape index (κ2) is 9.95. The SMILES string of the molecule is Br.O=S(=O)(c1ccc(-c2csc(Nc3cc(Cl)cc(Cl)c3)n2)cc1)N1CCOCC1. The minimum atomic E-state index is -3.51. The maximum atomic E-state index is 12.7. The number of sulfonamides is 1. The first-order valence-electron chi connectivity index (χ1n) is 8.79. The lowest BCUT2D eigenvalue weighted by molar-refractivity contribution is 0.0730. The van der Waals surface area contributed by atoms with E-state index < -0.39 is 10.0 Å². The van der Waals surface area contributed by atoms with Gasteiger partial charge in [0.1, 0.15) is 0 Å². The van der Waals surface area contributed by atoms with Crippen LogP contribution in [0.2, 0.25) is 10.0 Å². The molecule has 1 aromatic heterocycles. The summed E-state index contributed by atoms with van der Waals surface area (Å²) in [7, 11) is -3.51. The Morgan fingerprint density at radius 1 is 1.03 bits per heavy atom. The Morgan fingerprint density at radius 3 is 2.30 bits per heavy atom. The van der Waals surface area contributed by atoms with Gasteiger partial charge in [-0.2, -0.15) is 4.31 Å². The van der Waals surface area contributed by atoms with Gasteiger partial charge in [0.2, 0.25) is 10.0 Å². The third-order valence-corrected chi connectivity index (χ3v) is 7.48. The lowest BCUT2D eigenvalue weighted by Crippen LogP contribution is -2.40. The van der Waals surface area contributed by atoms with Gasteiger partial charge in [-0.25, -0.2) is 13.4 Å². The topological polar surface area (TPSA) is 71.5 Å². The number of aromatic nitrogens is 1. The lowest BCUT2D eigenvalue weighted by atomic mass is 10.2. The van der Waals surface area contributed by atoms with Gasteiger partial charge in [-0.15, -0.1) is 28.3 Å². The van der Waals surface area contributed by atoms with Crippen LogP contribution in [0.15, 0.2) is 52.7 Å². The van der Waals surface area contributed by atoms with Crippen molar-refractivity contribution < 1.29 is 13.2 Å². The molecule has 0 unspecified atom stereocenters. The Labute approximate surface area is 199 Å². The van der Waals surface area contributed by atoms with Crippen LogP contribution in [0, 0.1) is 0 Å². The number of rotatable bonds is 5. The van der Waals surface area contributed by atoms with E-state index in [1.165, 1.54) is 15.6 Å². The van der Waals surface area contributed by atoms with Gasteiger partial charge in [-0.1, -0.05) is 35.3 Å². The van der Waals surface area contributed by atoms with Crippen LogP contribution in [-0.4, -0.2) is 44.0 Å². The Hall–Kier alpha value is -1.20. The molecule has 0 bridgehead atoms. The quantitative estimate of drug-likeness (QED) is 0.456. The monoisotopic (exact) mass is 549 g/mol. The average molecular weight is 551 g/mol. The van der Waals surface area contributed by atoms with Crippen LogP contribution in [0.3, 0.4) is 0 Å². The zero-order chi connectivity index (χ0) is 20.4. The van der Waals surface area contributed by atoms with Gasteiger partial charge in [0.15, 0.2) is 5.13 Å². The van der Waals surface area contributed by atoms with Crippen LogP contribution in [0.25, 0.3) is 11.3 Å². The maximum absolute atomic E-state index is 12.7.